The molecular formula is C16H16O13S3. The summed E-state index contributed by atoms with van der Waals surface area (Å²) in [5, 5.41) is 0. The molecule has 0 amide bonds. The lowest BCUT2D eigenvalue weighted by molar-refractivity contribution is 0.322. The maximum Gasteiger partial charge on any atom is 0.302 e. The third kappa shape index (κ3) is 3.49. The maximum absolute atomic E-state index is 13.4. The summed E-state index contributed by atoms with van der Waals surface area (Å²) in [6.45, 7) is 0. The largest absolute Gasteiger partial charge is 0.493 e. The van der Waals surface area contributed by atoms with Crippen LogP contribution in [0.2, 0.25) is 0 Å². The molecule has 0 aliphatic carbocycles. The predicted octanol–water partition coefficient (Wildman–Crippen LogP) is 1.15. The van der Waals surface area contributed by atoms with Crippen LogP contribution in [0.4, 0.5) is 0 Å². The molecule has 13 nitrogen and oxygen atoms in total. The molecule has 1 aliphatic heterocycles. The minimum absolute atomic E-state index is 0.384. The molecule has 2 N–H and O–H groups in total. The van der Waals surface area contributed by atoms with E-state index in [0.29, 0.717) is 0 Å². The van der Waals surface area contributed by atoms with Gasteiger partial charge in [0.1, 0.15) is 9.79 Å². The van der Waals surface area contributed by atoms with E-state index in [0.717, 1.165) is 40.6 Å². The Morgan fingerprint density at radius 2 is 1.06 bits per heavy atom. The second kappa shape index (κ2) is 7.66. The van der Waals surface area contributed by atoms with Gasteiger partial charge in [-0.25, -0.2) is 8.42 Å². The summed E-state index contributed by atoms with van der Waals surface area (Å²) in [5.41, 5.74) is 0. The first-order chi connectivity index (χ1) is 14.7. The fourth-order valence-electron chi connectivity index (χ4n) is 3.13. The summed E-state index contributed by atoms with van der Waals surface area (Å²) in [6.07, 6.45) is 0. The van der Waals surface area contributed by atoms with Gasteiger partial charge in [0.15, 0.2) is 44.3 Å². The van der Waals surface area contributed by atoms with Crippen molar-refractivity contribution in [1.82, 2.24) is 0 Å². The van der Waals surface area contributed by atoms with Crippen LogP contribution in [0, 0.1) is 0 Å². The Morgan fingerprint density at radius 3 is 1.31 bits per heavy atom. The van der Waals surface area contributed by atoms with Gasteiger partial charge in [-0.1, -0.05) is 0 Å². The molecule has 0 saturated heterocycles. The average Bonchev–Trinajstić information content (AvgIpc) is 2.69. The summed E-state index contributed by atoms with van der Waals surface area (Å²) < 4.78 is 120. The maximum atomic E-state index is 13.4. The quantitative estimate of drug-likeness (QED) is 0.448. The Balaban J connectivity index is 2.61. The summed E-state index contributed by atoms with van der Waals surface area (Å²) >= 11 is 0. The molecule has 1 heterocycles. The first kappa shape index (κ1) is 23.9. The van der Waals surface area contributed by atoms with Crippen LogP contribution in [0.3, 0.4) is 0 Å². The van der Waals surface area contributed by atoms with E-state index >= 15 is 0 Å². The van der Waals surface area contributed by atoms with Crippen LogP contribution in [0.5, 0.6) is 34.5 Å². The Bertz CT molecular complexity index is 1340. The molecule has 1 aliphatic rings. The summed E-state index contributed by atoms with van der Waals surface area (Å²) in [6, 6.07) is 1.73. The molecule has 0 spiro atoms. The van der Waals surface area contributed by atoms with Gasteiger partial charge >= 0.3 is 20.2 Å². The summed E-state index contributed by atoms with van der Waals surface area (Å²) in [5.74, 6) is -3.94. The van der Waals surface area contributed by atoms with Crippen molar-refractivity contribution in [1.29, 1.82) is 0 Å². The van der Waals surface area contributed by atoms with E-state index in [2.05, 4.69) is 0 Å². The van der Waals surface area contributed by atoms with Crippen LogP contribution in [-0.2, 0) is 30.1 Å². The minimum Gasteiger partial charge on any atom is -0.493 e. The average molecular weight is 512 g/mol. The fourth-order valence-corrected chi connectivity index (χ4v) is 6.40. The lowest BCUT2D eigenvalue weighted by Gasteiger charge is -2.26. The van der Waals surface area contributed by atoms with Gasteiger partial charge in [-0.05, 0) is 0 Å². The van der Waals surface area contributed by atoms with Crippen molar-refractivity contribution in [3.63, 3.8) is 0 Å². The van der Waals surface area contributed by atoms with E-state index in [9.17, 15) is 34.4 Å². The van der Waals surface area contributed by atoms with Gasteiger partial charge < -0.3 is 23.7 Å². The minimum atomic E-state index is -5.21. The van der Waals surface area contributed by atoms with E-state index < -0.39 is 72.7 Å². The smallest absolute Gasteiger partial charge is 0.302 e. The Labute approximate surface area is 182 Å². The van der Waals surface area contributed by atoms with Crippen LogP contribution in [0.1, 0.15) is 0 Å². The molecular weight excluding hydrogens is 496 g/mol. The van der Waals surface area contributed by atoms with Crippen molar-refractivity contribution in [2.75, 3.05) is 28.4 Å². The third-order valence-corrected chi connectivity index (χ3v) is 7.93. The normalized spacial score (nSPS) is 14.6. The van der Waals surface area contributed by atoms with Crippen LogP contribution < -0.4 is 23.7 Å². The second-order valence-electron chi connectivity index (χ2n) is 6.09. The molecule has 0 atom stereocenters. The van der Waals surface area contributed by atoms with Crippen LogP contribution >= 0.6 is 0 Å². The number of benzene rings is 2. The Kier molecular flexibility index (Phi) is 5.71. The molecule has 0 saturated carbocycles. The lowest BCUT2D eigenvalue weighted by atomic mass is 10.2. The van der Waals surface area contributed by atoms with Gasteiger partial charge in [0, 0.05) is 12.1 Å². The molecule has 3 rings (SSSR count). The number of sulfone groups is 1. The molecule has 16 heteroatoms. The number of fused-ring (bicyclic) bond motifs is 2. The van der Waals surface area contributed by atoms with Gasteiger partial charge in [-0.3, -0.25) is 9.11 Å². The highest BCUT2D eigenvalue weighted by molar-refractivity contribution is 7.92. The second-order valence-corrected chi connectivity index (χ2v) is 10.7. The lowest BCUT2D eigenvalue weighted by Crippen LogP contribution is -2.18. The number of methoxy groups -OCH3 is 4. The van der Waals surface area contributed by atoms with E-state index in [1.54, 1.807) is 0 Å². The van der Waals surface area contributed by atoms with E-state index in [1.165, 1.54) is 0 Å². The molecule has 0 fully saturated rings. The Morgan fingerprint density at radius 1 is 0.719 bits per heavy atom. The molecule has 0 bridgehead atoms. The van der Waals surface area contributed by atoms with Gasteiger partial charge in [0.25, 0.3) is 0 Å². The first-order valence-corrected chi connectivity index (χ1v) is 12.6. The molecule has 2 aromatic carbocycles. The molecule has 0 unspecified atom stereocenters. The van der Waals surface area contributed by atoms with Crippen molar-refractivity contribution in [2.45, 2.75) is 19.6 Å². The molecule has 0 radical (unpaired) electrons. The number of hydrogen-bond donors (Lipinski definition) is 2. The van der Waals surface area contributed by atoms with Crippen molar-refractivity contribution in [3.05, 3.63) is 12.1 Å². The zero-order chi connectivity index (χ0) is 24.2. The van der Waals surface area contributed by atoms with Gasteiger partial charge in [0.05, 0.1) is 28.4 Å². The number of ether oxygens (including phenoxy) is 5. The van der Waals surface area contributed by atoms with Crippen molar-refractivity contribution < 1.29 is 58.0 Å². The highest BCUT2D eigenvalue weighted by atomic mass is 32.2. The van der Waals surface area contributed by atoms with Gasteiger partial charge in [-0.15, -0.1) is 0 Å². The zero-order valence-corrected chi connectivity index (χ0v) is 19.2. The molecule has 32 heavy (non-hydrogen) atoms. The Hall–Kier alpha value is -2.79. The van der Waals surface area contributed by atoms with Crippen molar-refractivity contribution in [2.24, 2.45) is 0 Å². The molecule has 2 aromatic rings. The topological polar surface area (TPSA) is 189 Å². The highest BCUT2D eigenvalue weighted by Crippen LogP contribution is 2.56. The monoisotopic (exact) mass is 512 g/mol. The highest BCUT2D eigenvalue weighted by Gasteiger charge is 2.44. The van der Waals surface area contributed by atoms with Crippen molar-refractivity contribution >= 4 is 30.1 Å². The van der Waals surface area contributed by atoms with Crippen LogP contribution in [0.15, 0.2) is 31.7 Å². The molecule has 0 aromatic heterocycles. The molecule has 176 valence electrons. The standard InChI is InChI=1S/C16H16O13S3/c1-25-7-5-9-13(15(11(7)27-3)31(19,20)21)29-14-10(30(9,17)18)6-8(26-2)12(28-4)16(14)32(22,23)24/h5-6H,1-4H3,(H,19,20,21)(H,22,23,24). The van der Waals surface area contributed by atoms with Crippen LogP contribution in [0.25, 0.3) is 0 Å². The fraction of sp³-hybridized carbons (Fsp3) is 0.250. The number of rotatable bonds is 6. The predicted molar refractivity (Wildman–Crippen MR) is 104 cm³/mol. The van der Waals surface area contributed by atoms with E-state index in [4.69, 9.17) is 23.7 Å². The third-order valence-electron chi connectivity index (χ3n) is 4.39. The van der Waals surface area contributed by atoms with Crippen LogP contribution in [-0.4, -0.2) is 62.8 Å². The van der Waals surface area contributed by atoms with E-state index in [-0.39, 0.29) is 11.5 Å². The SMILES string of the molecule is COc1cc2c(c(S(=O)(=O)O)c1OC)Oc1c(cc(OC)c(OC)c1S(=O)(=O)O)S2(=O)=O. The van der Waals surface area contributed by atoms with Gasteiger partial charge in [0.2, 0.25) is 9.84 Å². The van der Waals surface area contributed by atoms with Crippen molar-refractivity contribution in [3.8, 4) is 34.5 Å². The zero-order valence-electron chi connectivity index (χ0n) is 16.8. The van der Waals surface area contributed by atoms with Gasteiger partial charge in [-0.2, -0.15) is 16.8 Å². The number of hydrogen-bond acceptors (Lipinski definition) is 11. The summed E-state index contributed by atoms with van der Waals surface area (Å²) in [7, 11) is -10.9. The summed E-state index contributed by atoms with van der Waals surface area (Å²) in [4.78, 5) is -3.85. The first-order valence-electron chi connectivity index (χ1n) is 8.19. The van der Waals surface area contributed by atoms with E-state index in [1.807, 2.05) is 0 Å².